The Kier molecular flexibility index (Phi) is 33.1. The van der Waals surface area contributed by atoms with E-state index in [4.69, 9.17) is 33.7 Å². The molecular weight excluding hydrogens is 1010 g/mol. The minimum absolute atomic E-state index is 0.00947. The Morgan fingerprint density at radius 1 is 0.667 bits per heavy atom. The number of carbonyl (C=O) groups is 2. The summed E-state index contributed by atoms with van der Waals surface area (Å²) in [5, 5.41) is 20.9. The molecule has 0 spiro atoms. The van der Waals surface area contributed by atoms with E-state index in [0.717, 1.165) is 81.4 Å². The van der Waals surface area contributed by atoms with Crippen molar-refractivity contribution < 1.29 is 71.0 Å². The number of nitrogen functional groups attached to an aromatic ring is 1. The maximum atomic E-state index is 12.9. The lowest BCUT2D eigenvalue weighted by atomic mass is 10.1. The van der Waals surface area contributed by atoms with Crippen molar-refractivity contribution in [3.63, 3.8) is 0 Å². The van der Waals surface area contributed by atoms with Gasteiger partial charge in [-0.1, -0.05) is 130 Å². The molecule has 0 bridgehead atoms. The molecule has 19 nitrogen and oxygen atoms in total. The van der Waals surface area contributed by atoms with Gasteiger partial charge in [0.1, 0.15) is 30.7 Å². The molecule has 6 N–H and O–H groups in total. The van der Waals surface area contributed by atoms with Gasteiger partial charge in [-0.3, -0.25) is 23.2 Å². The van der Waals surface area contributed by atoms with Gasteiger partial charge in [0.15, 0.2) is 12.3 Å². The molecule has 0 aliphatic carbocycles. The summed E-state index contributed by atoms with van der Waals surface area (Å²) < 4.78 is 62.5. The van der Waals surface area contributed by atoms with Crippen LogP contribution in [0.2, 0.25) is 0 Å². The number of aliphatic hydroxyl groups excluding tert-OH is 2. The minimum Gasteiger partial charge on any atom is -0.462 e. The molecule has 3 rings (SSSR count). The van der Waals surface area contributed by atoms with E-state index >= 15 is 0 Å². The van der Waals surface area contributed by atoms with Crippen LogP contribution in [0.5, 0.6) is 0 Å². The van der Waals surface area contributed by atoms with E-state index in [9.17, 15) is 43.5 Å². The number of allylic oxidation sites excluding steroid dienone is 14. The van der Waals surface area contributed by atoms with Gasteiger partial charge in [0.2, 0.25) is 0 Å². The van der Waals surface area contributed by atoms with Crippen molar-refractivity contribution in [2.45, 2.75) is 185 Å². The Hall–Kier alpha value is -4.36. The molecule has 0 radical (unpaired) electrons. The summed E-state index contributed by atoms with van der Waals surface area (Å²) in [5.41, 5.74) is 4.58. The number of phosphoric acid groups is 2. The van der Waals surface area contributed by atoms with Crippen LogP contribution in [-0.2, 0) is 51.0 Å². The fraction of sp³-hybridized carbons (Fsp3) is 0.593. The first-order valence-electron chi connectivity index (χ1n) is 26.4. The Labute approximate surface area is 443 Å². The smallest absolute Gasteiger partial charge is 0.462 e. The van der Waals surface area contributed by atoms with Crippen LogP contribution in [0.3, 0.4) is 0 Å². The van der Waals surface area contributed by atoms with Gasteiger partial charge in [-0.2, -0.15) is 9.29 Å². The molecule has 2 aliphatic heterocycles. The molecule has 0 amide bonds. The van der Waals surface area contributed by atoms with Crippen molar-refractivity contribution in [1.82, 2.24) is 9.55 Å². The first kappa shape index (κ1) is 64.9. The molecule has 4 unspecified atom stereocenters. The van der Waals surface area contributed by atoms with Crippen molar-refractivity contribution in [2.75, 3.05) is 25.6 Å². The number of hydrogen-bond acceptors (Lipinski definition) is 16. The number of unbranched alkanes of at least 4 members (excludes halogenated alkanes) is 7. The highest BCUT2D eigenvalue weighted by atomic mass is 31.3. The number of phosphoric ester groups is 2. The zero-order chi connectivity index (χ0) is 54.6. The maximum absolute atomic E-state index is 12.9. The summed E-state index contributed by atoms with van der Waals surface area (Å²) in [6, 6.07) is 1.24. The van der Waals surface area contributed by atoms with Crippen molar-refractivity contribution in [3.8, 4) is 0 Å². The van der Waals surface area contributed by atoms with Crippen molar-refractivity contribution in [3.05, 3.63) is 120 Å². The van der Waals surface area contributed by atoms with E-state index in [1.54, 1.807) is 0 Å². The lowest BCUT2D eigenvalue weighted by Crippen LogP contribution is -2.36. The largest absolute Gasteiger partial charge is 0.481 e. The fourth-order valence-corrected chi connectivity index (χ4v) is 9.48. The molecule has 2 fully saturated rings. The highest BCUT2D eigenvalue weighted by Gasteiger charge is 2.46. The zero-order valence-corrected chi connectivity index (χ0v) is 45.5. The maximum Gasteiger partial charge on any atom is 0.481 e. The summed E-state index contributed by atoms with van der Waals surface area (Å²) in [6.07, 6.45) is 43.7. The SMILES string of the molecule is CC/C=C\C/C=C\C/C=C\C/C=C\C/C=C\CCCCCC(=O)O[C@H](COC(=O)CCC/C=C\C/C=C\CC1OC1C/C=C\CCCCC)COP(=O)(O)OP(=O)(O)OC[C@H]1O[C@@H](n2ccc(N)nc2=O)[C@H](O)[C@@H]1O. The van der Waals surface area contributed by atoms with E-state index in [2.05, 4.69) is 108 Å². The number of aliphatic hydroxyl groups is 2. The van der Waals surface area contributed by atoms with Gasteiger partial charge in [0, 0.05) is 19.0 Å². The number of carbonyl (C=O) groups excluding carboxylic acids is 2. The Morgan fingerprint density at radius 3 is 1.81 bits per heavy atom. The highest BCUT2D eigenvalue weighted by molar-refractivity contribution is 7.61. The molecule has 2 saturated heterocycles. The lowest BCUT2D eigenvalue weighted by molar-refractivity contribution is -0.161. The standard InChI is InChI=1S/C54H83N3O16P2/c1-3-5-7-9-11-12-13-14-15-16-17-18-19-20-21-22-25-30-34-38-50(59)70-44(41-67-49(58)37-33-29-26-23-24-28-32-36-46-45(71-46)35-31-27-10-8-6-4-2)42-68-74(63,64)73-75(65,66)69-43-47-51(60)52(61)53(72-47)57-40-39-48(55)56-54(57)62/h5,7,11-12,14-15,17-18,20-21,23,26-28,31-32,39-40,44-47,51-53,60-61H,3-4,6,8-10,13,16,19,22,24-25,29-30,33-38,41-43H2,1-2H3,(H,63,64)(H,65,66)(H2,55,56,62)/b7-5-,12-11-,15-14-,18-17-,21-20-,26-23-,31-27-,32-28-/t44-,45?,46?,47-,51-,52-,53-/m1/s1. The van der Waals surface area contributed by atoms with Gasteiger partial charge in [-0.05, 0) is 102 Å². The van der Waals surface area contributed by atoms with Crippen molar-refractivity contribution >= 4 is 33.4 Å². The monoisotopic (exact) mass is 1090 g/mol. The van der Waals surface area contributed by atoms with E-state index in [1.165, 1.54) is 25.3 Å². The molecular formula is C54H83N3O16P2. The predicted molar refractivity (Wildman–Crippen MR) is 288 cm³/mol. The summed E-state index contributed by atoms with van der Waals surface area (Å²) in [7, 11) is -10.9. The van der Waals surface area contributed by atoms with Crippen LogP contribution in [0.1, 0.15) is 148 Å². The van der Waals surface area contributed by atoms with Gasteiger partial charge in [-0.15, -0.1) is 0 Å². The molecule has 3 heterocycles. The number of nitrogens with two attached hydrogens (primary N) is 1. The lowest BCUT2D eigenvalue weighted by Gasteiger charge is -2.21. The molecule has 0 saturated carbocycles. The second-order valence-corrected chi connectivity index (χ2v) is 21.1. The third kappa shape index (κ3) is 30.2. The van der Waals surface area contributed by atoms with Crippen molar-refractivity contribution in [2.24, 2.45) is 0 Å². The Balaban J connectivity index is 1.42. The van der Waals surface area contributed by atoms with E-state index in [-0.39, 0.29) is 24.8 Å². The fourth-order valence-electron chi connectivity index (χ4n) is 7.37. The van der Waals surface area contributed by atoms with Gasteiger partial charge in [-0.25, -0.2) is 13.9 Å². The molecule has 2 aliphatic rings. The number of ether oxygens (including phenoxy) is 4. The number of anilines is 1. The zero-order valence-electron chi connectivity index (χ0n) is 43.8. The Morgan fingerprint density at radius 2 is 1.20 bits per heavy atom. The average molecular weight is 1090 g/mol. The molecule has 75 heavy (non-hydrogen) atoms. The summed E-state index contributed by atoms with van der Waals surface area (Å²) in [5.74, 6) is -1.42. The first-order valence-corrected chi connectivity index (χ1v) is 29.4. The molecule has 1 aromatic heterocycles. The third-order valence-corrected chi connectivity index (χ3v) is 14.2. The Bertz CT molecular complexity index is 2210. The van der Waals surface area contributed by atoms with Gasteiger partial charge >= 0.3 is 33.3 Å². The molecule has 420 valence electrons. The highest BCUT2D eigenvalue weighted by Crippen LogP contribution is 2.60. The topological polar surface area (TPSA) is 278 Å². The van der Waals surface area contributed by atoms with Gasteiger partial charge in [0.25, 0.3) is 0 Å². The van der Waals surface area contributed by atoms with Crippen LogP contribution in [0.15, 0.2) is 114 Å². The normalized spacial score (nSPS) is 22.3. The number of epoxide rings is 1. The van der Waals surface area contributed by atoms with E-state index < -0.39 is 83.7 Å². The minimum atomic E-state index is -5.45. The van der Waals surface area contributed by atoms with Crippen LogP contribution in [0.25, 0.3) is 0 Å². The molecule has 0 aromatic carbocycles. The van der Waals surface area contributed by atoms with Crippen LogP contribution in [-0.4, -0.2) is 97.9 Å². The predicted octanol–water partition coefficient (Wildman–Crippen LogP) is 10.2. The molecule has 9 atom stereocenters. The van der Waals surface area contributed by atoms with E-state index in [0.29, 0.717) is 31.8 Å². The third-order valence-electron chi connectivity index (χ3n) is 11.6. The van der Waals surface area contributed by atoms with Gasteiger partial charge < -0.3 is 44.7 Å². The second kappa shape index (κ2) is 38.2. The average Bonchev–Trinajstić information content (AvgIpc) is 4.06. The van der Waals surface area contributed by atoms with Crippen molar-refractivity contribution in [1.29, 1.82) is 0 Å². The number of nitrogens with zero attached hydrogens (tertiary/aromatic N) is 2. The number of aromatic nitrogens is 2. The quantitative estimate of drug-likeness (QED) is 0.0134. The van der Waals surface area contributed by atoms with E-state index in [1.807, 2.05) is 12.2 Å². The van der Waals surface area contributed by atoms with Crippen LogP contribution < -0.4 is 11.4 Å². The molecule has 21 heteroatoms. The first-order chi connectivity index (χ1) is 36.1. The number of esters is 2. The summed E-state index contributed by atoms with van der Waals surface area (Å²) in [6.45, 7) is 1.91. The number of rotatable bonds is 41. The summed E-state index contributed by atoms with van der Waals surface area (Å²) >= 11 is 0. The number of hydrogen-bond donors (Lipinski definition) is 5. The summed E-state index contributed by atoms with van der Waals surface area (Å²) in [4.78, 5) is 62.0. The van der Waals surface area contributed by atoms with Crippen LogP contribution in [0.4, 0.5) is 5.82 Å². The van der Waals surface area contributed by atoms with Crippen LogP contribution in [0, 0.1) is 0 Å². The van der Waals surface area contributed by atoms with Gasteiger partial charge in [0.05, 0.1) is 25.4 Å². The van der Waals surface area contributed by atoms with Crippen LogP contribution >= 0.6 is 15.6 Å². The molecule has 1 aromatic rings. The second-order valence-electron chi connectivity index (χ2n) is 18.0.